The molecular formula is C32H45N3O5. The molecule has 0 fully saturated rings. The number of hydrogen-bond acceptors (Lipinski definition) is 6. The molecule has 0 aromatic heterocycles. The van der Waals surface area contributed by atoms with E-state index in [1.165, 1.54) is 44.7 Å². The lowest BCUT2D eigenvalue weighted by molar-refractivity contribution is -0.126. The lowest BCUT2D eigenvalue weighted by Gasteiger charge is -2.07. The first-order valence-electron chi connectivity index (χ1n) is 14.7. The molecular weight excluding hydrogens is 506 g/mol. The van der Waals surface area contributed by atoms with Gasteiger partial charge in [-0.2, -0.15) is 5.10 Å². The highest BCUT2D eigenvalue weighted by molar-refractivity contribution is 5.91. The average molecular weight is 552 g/mol. The lowest BCUT2D eigenvalue weighted by atomic mass is 10.1. The second-order valence-electron chi connectivity index (χ2n) is 9.83. The van der Waals surface area contributed by atoms with Crippen LogP contribution in [0.15, 0.2) is 53.6 Å². The van der Waals surface area contributed by atoms with Gasteiger partial charge in [-0.25, -0.2) is 10.2 Å². The van der Waals surface area contributed by atoms with Crippen molar-refractivity contribution >= 4 is 24.0 Å². The largest absolute Gasteiger partial charge is 0.494 e. The van der Waals surface area contributed by atoms with Crippen molar-refractivity contribution in [3.05, 3.63) is 59.7 Å². The van der Waals surface area contributed by atoms with Gasteiger partial charge in [0, 0.05) is 6.42 Å². The van der Waals surface area contributed by atoms with Gasteiger partial charge in [0.15, 0.2) is 0 Å². The summed E-state index contributed by atoms with van der Waals surface area (Å²) in [7, 11) is 0. The fourth-order valence-corrected chi connectivity index (χ4v) is 3.89. The van der Waals surface area contributed by atoms with Crippen LogP contribution in [0, 0.1) is 0 Å². The zero-order valence-electron chi connectivity index (χ0n) is 24.1. The number of hydrogen-bond donors (Lipinski definition) is 2. The van der Waals surface area contributed by atoms with E-state index in [0.29, 0.717) is 29.9 Å². The van der Waals surface area contributed by atoms with Gasteiger partial charge in [-0.3, -0.25) is 9.59 Å². The number of carbonyl (C=O) groups excluding carboxylic acids is 3. The maximum absolute atomic E-state index is 12.4. The van der Waals surface area contributed by atoms with E-state index in [2.05, 4.69) is 29.7 Å². The van der Waals surface area contributed by atoms with E-state index < -0.39 is 11.9 Å². The Morgan fingerprint density at radius 3 is 1.98 bits per heavy atom. The van der Waals surface area contributed by atoms with E-state index >= 15 is 0 Å². The minimum atomic E-state index is -0.464. The van der Waals surface area contributed by atoms with Crippen LogP contribution in [-0.4, -0.2) is 37.1 Å². The third kappa shape index (κ3) is 14.5. The van der Waals surface area contributed by atoms with Crippen LogP contribution in [0.4, 0.5) is 0 Å². The van der Waals surface area contributed by atoms with Crippen LogP contribution in [-0.2, 0) is 9.59 Å². The molecule has 0 bridgehead atoms. The maximum Gasteiger partial charge on any atom is 0.343 e. The molecule has 2 N–H and O–H groups in total. The Kier molecular flexibility index (Phi) is 16.5. The maximum atomic E-state index is 12.4. The van der Waals surface area contributed by atoms with E-state index in [1.54, 1.807) is 48.5 Å². The number of nitrogens with one attached hydrogen (secondary N) is 2. The quantitative estimate of drug-likeness (QED) is 0.0636. The Bertz CT molecular complexity index is 1040. The molecule has 0 aliphatic rings. The Labute approximate surface area is 238 Å². The van der Waals surface area contributed by atoms with Gasteiger partial charge in [0.1, 0.15) is 11.5 Å². The van der Waals surface area contributed by atoms with Crippen molar-refractivity contribution in [1.29, 1.82) is 0 Å². The van der Waals surface area contributed by atoms with Crippen LogP contribution >= 0.6 is 0 Å². The minimum absolute atomic E-state index is 0.117. The van der Waals surface area contributed by atoms with Crippen molar-refractivity contribution < 1.29 is 23.9 Å². The molecule has 0 saturated carbocycles. The number of esters is 1. The molecule has 2 amide bonds. The van der Waals surface area contributed by atoms with Crippen molar-refractivity contribution in [2.24, 2.45) is 5.10 Å². The van der Waals surface area contributed by atoms with E-state index in [-0.39, 0.29) is 12.5 Å². The smallest absolute Gasteiger partial charge is 0.343 e. The summed E-state index contributed by atoms with van der Waals surface area (Å²) in [6.07, 6.45) is 14.7. The van der Waals surface area contributed by atoms with Crippen LogP contribution in [0.25, 0.3) is 0 Å². The highest BCUT2D eigenvalue weighted by Crippen LogP contribution is 2.17. The van der Waals surface area contributed by atoms with Crippen LogP contribution in [0.3, 0.4) is 0 Å². The molecule has 2 rings (SSSR count). The van der Waals surface area contributed by atoms with Gasteiger partial charge in [0.25, 0.3) is 5.91 Å². The summed E-state index contributed by atoms with van der Waals surface area (Å²) in [4.78, 5) is 36.3. The fraction of sp³-hybridized carbons (Fsp3) is 0.500. The SMILES string of the molecule is CCCCCCCCCCCC(=O)NCC(=O)NN=Cc1ccc(OC(=O)c2ccc(OCCCC)cc2)cc1. The molecule has 218 valence electrons. The molecule has 0 aliphatic carbocycles. The Morgan fingerprint density at radius 1 is 0.725 bits per heavy atom. The Hall–Kier alpha value is -3.68. The predicted molar refractivity (Wildman–Crippen MR) is 159 cm³/mol. The number of rotatable bonds is 20. The van der Waals surface area contributed by atoms with Crippen molar-refractivity contribution in [2.45, 2.75) is 90.9 Å². The Balaban J connectivity index is 1.60. The summed E-state index contributed by atoms with van der Waals surface area (Å²) < 4.78 is 11.0. The first-order chi connectivity index (χ1) is 19.5. The van der Waals surface area contributed by atoms with Crippen LogP contribution in [0.2, 0.25) is 0 Å². The summed E-state index contributed by atoms with van der Waals surface area (Å²) in [5.74, 6) is 0.127. The molecule has 0 radical (unpaired) electrons. The first-order valence-corrected chi connectivity index (χ1v) is 14.7. The molecule has 0 atom stereocenters. The third-order valence-electron chi connectivity index (χ3n) is 6.30. The van der Waals surface area contributed by atoms with Gasteiger partial charge in [-0.1, -0.05) is 71.6 Å². The Morgan fingerprint density at radius 2 is 1.32 bits per heavy atom. The van der Waals surface area contributed by atoms with Crippen molar-refractivity contribution in [2.75, 3.05) is 13.2 Å². The second kappa shape index (κ2) is 20.3. The van der Waals surface area contributed by atoms with Gasteiger partial charge in [0.2, 0.25) is 5.91 Å². The molecule has 0 heterocycles. The topological polar surface area (TPSA) is 106 Å². The second-order valence-corrected chi connectivity index (χ2v) is 9.83. The van der Waals surface area contributed by atoms with Gasteiger partial charge >= 0.3 is 5.97 Å². The molecule has 8 nitrogen and oxygen atoms in total. The highest BCUT2D eigenvalue weighted by Gasteiger charge is 2.09. The average Bonchev–Trinajstić information content (AvgIpc) is 2.96. The van der Waals surface area contributed by atoms with Crippen LogP contribution < -0.4 is 20.2 Å². The predicted octanol–water partition coefficient (Wildman–Crippen LogP) is 6.57. The summed E-state index contributed by atoms with van der Waals surface area (Å²) in [5, 5.41) is 6.55. The highest BCUT2D eigenvalue weighted by atomic mass is 16.5. The van der Waals surface area contributed by atoms with Crippen LogP contribution in [0.5, 0.6) is 11.5 Å². The molecule has 0 spiro atoms. The molecule has 2 aromatic rings. The zero-order valence-corrected chi connectivity index (χ0v) is 24.1. The zero-order chi connectivity index (χ0) is 28.8. The number of benzene rings is 2. The number of carbonyl (C=O) groups is 3. The third-order valence-corrected chi connectivity index (χ3v) is 6.30. The summed E-state index contributed by atoms with van der Waals surface area (Å²) in [5.41, 5.74) is 3.54. The summed E-state index contributed by atoms with van der Waals surface area (Å²) in [6.45, 7) is 4.85. The molecule has 0 unspecified atom stereocenters. The first kappa shape index (κ1) is 32.5. The van der Waals surface area contributed by atoms with E-state index in [4.69, 9.17) is 9.47 Å². The van der Waals surface area contributed by atoms with Gasteiger partial charge < -0.3 is 14.8 Å². The van der Waals surface area contributed by atoms with Gasteiger partial charge in [0.05, 0.1) is 24.9 Å². The van der Waals surface area contributed by atoms with E-state index in [9.17, 15) is 14.4 Å². The summed E-state index contributed by atoms with van der Waals surface area (Å²) >= 11 is 0. The van der Waals surface area contributed by atoms with Crippen LogP contribution in [0.1, 0.15) is 107 Å². The molecule has 40 heavy (non-hydrogen) atoms. The number of ether oxygens (including phenoxy) is 2. The number of amides is 2. The van der Waals surface area contributed by atoms with E-state index in [1.807, 2.05) is 0 Å². The minimum Gasteiger partial charge on any atom is -0.494 e. The fourth-order valence-electron chi connectivity index (χ4n) is 3.89. The van der Waals surface area contributed by atoms with Gasteiger partial charge in [-0.05, 0) is 66.9 Å². The van der Waals surface area contributed by atoms with E-state index in [0.717, 1.165) is 37.9 Å². The molecule has 0 aliphatic heterocycles. The molecule has 0 saturated heterocycles. The number of nitrogens with zero attached hydrogens (tertiary/aromatic N) is 1. The molecule has 8 heteroatoms. The van der Waals surface area contributed by atoms with Crippen molar-refractivity contribution in [3.8, 4) is 11.5 Å². The summed E-state index contributed by atoms with van der Waals surface area (Å²) in [6, 6.07) is 13.6. The molecule has 2 aromatic carbocycles. The lowest BCUT2D eigenvalue weighted by Crippen LogP contribution is -2.34. The van der Waals surface area contributed by atoms with Crippen molar-refractivity contribution in [3.63, 3.8) is 0 Å². The standard InChI is InChI=1S/C32H45N3O5/c1-3-5-7-8-9-10-11-12-13-14-30(36)33-25-31(37)35-34-24-26-15-19-29(20-16-26)40-32(38)27-17-21-28(22-18-27)39-23-6-4-2/h15-22,24H,3-14,23,25H2,1-2H3,(H,33,36)(H,35,37). The van der Waals surface area contributed by atoms with Gasteiger partial charge in [-0.15, -0.1) is 0 Å². The van der Waals surface area contributed by atoms with Crippen molar-refractivity contribution in [1.82, 2.24) is 10.7 Å². The monoisotopic (exact) mass is 551 g/mol. The number of hydrazone groups is 1. The number of unbranched alkanes of at least 4 members (excludes halogenated alkanes) is 9. The normalized spacial score (nSPS) is 10.8.